The van der Waals surface area contributed by atoms with E-state index in [4.69, 9.17) is 14.2 Å². The lowest BCUT2D eigenvalue weighted by Gasteiger charge is -2.18. The van der Waals surface area contributed by atoms with Crippen molar-refractivity contribution < 1.29 is 28.6 Å². The molecule has 0 aliphatic rings. The minimum absolute atomic E-state index is 0.0721. The highest BCUT2D eigenvalue weighted by molar-refractivity contribution is 5.71. The van der Waals surface area contributed by atoms with Crippen molar-refractivity contribution in [3.05, 3.63) is 24.3 Å². The number of hydrogen-bond acceptors (Lipinski definition) is 6. The van der Waals surface area contributed by atoms with Gasteiger partial charge in [-0.05, 0) is 70.6 Å². The van der Waals surface area contributed by atoms with Crippen LogP contribution in [0.15, 0.2) is 24.3 Å². The van der Waals surface area contributed by atoms with Crippen LogP contribution in [0.4, 0.5) is 0 Å². The maximum atomic E-state index is 12.7. The van der Waals surface area contributed by atoms with Crippen LogP contribution in [-0.2, 0) is 28.6 Å². The largest absolute Gasteiger partial charge is 0.462 e. The summed E-state index contributed by atoms with van der Waals surface area (Å²) in [6, 6.07) is 0. The molecule has 6 heteroatoms. The normalized spacial score (nSPS) is 12.1. The molecule has 0 aliphatic heterocycles. The van der Waals surface area contributed by atoms with Crippen LogP contribution in [0.5, 0.6) is 0 Å². The van der Waals surface area contributed by atoms with Crippen molar-refractivity contribution in [3.63, 3.8) is 0 Å². The summed E-state index contributed by atoms with van der Waals surface area (Å²) in [7, 11) is 0. The van der Waals surface area contributed by atoms with Gasteiger partial charge in [-0.3, -0.25) is 14.4 Å². The first-order valence-electron chi connectivity index (χ1n) is 25.8. The summed E-state index contributed by atoms with van der Waals surface area (Å²) in [6.45, 7) is 6.61. The van der Waals surface area contributed by atoms with E-state index in [9.17, 15) is 14.4 Å². The van der Waals surface area contributed by atoms with Crippen molar-refractivity contribution in [2.45, 2.75) is 284 Å². The Hall–Kier alpha value is -2.11. The zero-order valence-corrected chi connectivity index (χ0v) is 39.5. The molecule has 0 aromatic rings. The van der Waals surface area contributed by atoms with E-state index in [0.29, 0.717) is 19.3 Å². The van der Waals surface area contributed by atoms with Gasteiger partial charge in [0.15, 0.2) is 6.10 Å². The Labute approximate surface area is 366 Å². The second-order valence-corrected chi connectivity index (χ2v) is 17.4. The van der Waals surface area contributed by atoms with Gasteiger partial charge in [0, 0.05) is 19.3 Å². The smallest absolute Gasteiger partial charge is 0.306 e. The third-order valence-corrected chi connectivity index (χ3v) is 11.4. The molecule has 346 valence electrons. The van der Waals surface area contributed by atoms with Crippen molar-refractivity contribution in [3.8, 4) is 0 Å². The standard InChI is InChI=1S/C53H98O6/c1-4-7-10-13-16-19-21-23-24-25-26-27-28-30-31-34-37-40-43-46-52(55)58-49-50(48-57-51(54)45-42-39-36-33-18-15-12-9-6-3)59-53(56)47-44-41-38-35-32-29-22-20-17-14-11-8-5-2/h20,22-24,50H,4-19,21,25-49H2,1-3H3/b22-20-,24-23-. The molecule has 0 radical (unpaired) electrons. The van der Waals surface area contributed by atoms with Gasteiger partial charge >= 0.3 is 17.9 Å². The van der Waals surface area contributed by atoms with E-state index in [2.05, 4.69) is 45.1 Å². The molecular formula is C53H98O6. The number of carbonyl (C=O) groups is 3. The first-order valence-corrected chi connectivity index (χ1v) is 25.8. The van der Waals surface area contributed by atoms with Crippen LogP contribution < -0.4 is 0 Å². The zero-order valence-electron chi connectivity index (χ0n) is 39.5. The quantitative estimate of drug-likeness (QED) is 0.0263. The number of rotatable bonds is 47. The second kappa shape index (κ2) is 48.6. The lowest BCUT2D eigenvalue weighted by atomic mass is 10.1. The van der Waals surface area contributed by atoms with E-state index >= 15 is 0 Å². The van der Waals surface area contributed by atoms with Crippen LogP contribution in [0.25, 0.3) is 0 Å². The van der Waals surface area contributed by atoms with Gasteiger partial charge in [0.05, 0.1) is 0 Å². The third kappa shape index (κ3) is 46.8. The van der Waals surface area contributed by atoms with E-state index in [0.717, 1.165) is 64.2 Å². The lowest BCUT2D eigenvalue weighted by molar-refractivity contribution is -0.167. The summed E-state index contributed by atoms with van der Waals surface area (Å²) in [5.41, 5.74) is 0. The van der Waals surface area contributed by atoms with Gasteiger partial charge in [0.1, 0.15) is 13.2 Å². The maximum Gasteiger partial charge on any atom is 0.306 e. The van der Waals surface area contributed by atoms with Crippen LogP contribution in [0.1, 0.15) is 278 Å². The van der Waals surface area contributed by atoms with Gasteiger partial charge in [-0.2, -0.15) is 0 Å². The fraction of sp³-hybridized carbons (Fsp3) is 0.868. The van der Waals surface area contributed by atoms with E-state index in [-0.39, 0.29) is 31.1 Å². The van der Waals surface area contributed by atoms with Crippen molar-refractivity contribution in [2.75, 3.05) is 13.2 Å². The van der Waals surface area contributed by atoms with Crippen LogP contribution in [0.2, 0.25) is 0 Å². The third-order valence-electron chi connectivity index (χ3n) is 11.4. The molecule has 0 rings (SSSR count). The molecule has 0 aromatic carbocycles. The number of unbranched alkanes of at least 4 members (excludes halogenated alkanes) is 32. The molecule has 0 bridgehead atoms. The van der Waals surface area contributed by atoms with Gasteiger partial charge in [-0.1, -0.05) is 212 Å². The predicted molar refractivity (Wildman–Crippen MR) is 252 cm³/mol. The second-order valence-electron chi connectivity index (χ2n) is 17.4. The molecule has 0 aliphatic carbocycles. The first-order chi connectivity index (χ1) is 29.0. The molecule has 6 nitrogen and oxygen atoms in total. The van der Waals surface area contributed by atoms with Gasteiger partial charge < -0.3 is 14.2 Å². The average molecular weight is 831 g/mol. The summed E-state index contributed by atoms with van der Waals surface area (Å²) in [5, 5.41) is 0. The SMILES string of the molecule is CCCCCC/C=C\CCCCCCCC(=O)OC(COC(=O)CCCCCCCCCCC)COC(=O)CCCCCCCCCCC/C=C\CCCCCCCC. The summed E-state index contributed by atoms with van der Waals surface area (Å²) in [6.07, 6.45) is 54.5. The highest BCUT2D eigenvalue weighted by atomic mass is 16.6. The highest BCUT2D eigenvalue weighted by Gasteiger charge is 2.19. The Morgan fingerprint density at radius 2 is 0.559 bits per heavy atom. The molecule has 0 fully saturated rings. The van der Waals surface area contributed by atoms with E-state index < -0.39 is 6.10 Å². The molecule has 0 aromatic heterocycles. The molecule has 0 heterocycles. The average Bonchev–Trinajstić information content (AvgIpc) is 3.23. The van der Waals surface area contributed by atoms with E-state index in [1.54, 1.807) is 0 Å². The topological polar surface area (TPSA) is 78.9 Å². The molecule has 59 heavy (non-hydrogen) atoms. The minimum atomic E-state index is -0.770. The molecule has 1 atom stereocenters. The minimum Gasteiger partial charge on any atom is -0.462 e. The fourth-order valence-corrected chi connectivity index (χ4v) is 7.49. The monoisotopic (exact) mass is 831 g/mol. The van der Waals surface area contributed by atoms with E-state index in [1.165, 1.54) is 173 Å². The number of carbonyl (C=O) groups excluding carboxylic acids is 3. The number of esters is 3. The molecular weight excluding hydrogens is 733 g/mol. The molecule has 0 saturated heterocycles. The van der Waals surface area contributed by atoms with Gasteiger partial charge in [0.2, 0.25) is 0 Å². The summed E-state index contributed by atoms with van der Waals surface area (Å²) < 4.78 is 16.8. The lowest BCUT2D eigenvalue weighted by Crippen LogP contribution is -2.30. The number of ether oxygens (including phenoxy) is 3. The van der Waals surface area contributed by atoms with Gasteiger partial charge in [0.25, 0.3) is 0 Å². The molecule has 0 spiro atoms. The van der Waals surface area contributed by atoms with Crippen molar-refractivity contribution in [2.24, 2.45) is 0 Å². The Morgan fingerprint density at radius 3 is 0.864 bits per heavy atom. The van der Waals surface area contributed by atoms with Crippen molar-refractivity contribution in [1.82, 2.24) is 0 Å². The Bertz CT molecular complexity index is 958. The number of allylic oxidation sites excluding steroid dienone is 4. The Balaban J connectivity index is 4.26. The Kier molecular flexibility index (Phi) is 46.8. The molecule has 0 amide bonds. The maximum absolute atomic E-state index is 12.7. The van der Waals surface area contributed by atoms with Gasteiger partial charge in [-0.15, -0.1) is 0 Å². The summed E-state index contributed by atoms with van der Waals surface area (Å²) >= 11 is 0. The summed E-state index contributed by atoms with van der Waals surface area (Å²) in [5.74, 6) is -0.875. The molecule has 0 N–H and O–H groups in total. The molecule has 1 unspecified atom stereocenters. The van der Waals surface area contributed by atoms with E-state index in [1.807, 2.05) is 0 Å². The number of hydrogen-bond donors (Lipinski definition) is 0. The zero-order chi connectivity index (χ0) is 43.0. The Morgan fingerprint density at radius 1 is 0.322 bits per heavy atom. The van der Waals surface area contributed by atoms with Crippen molar-refractivity contribution >= 4 is 17.9 Å². The van der Waals surface area contributed by atoms with Crippen molar-refractivity contribution in [1.29, 1.82) is 0 Å². The van der Waals surface area contributed by atoms with Crippen LogP contribution in [-0.4, -0.2) is 37.2 Å². The van der Waals surface area contributed by atoms with Gasteiger partial charge in [-0.25, -0.2) is 0 Å². The fourth-order valence-electron chi connectivity index (χ4n) is 7.49. The predicted octanol–water partition coefficient (Wildman–Crippen LogP) is 16.8. The van der Waals surface area contributed by atoms with Crippen LogP contribution in [0, 0.1) is 0 Å². The van der Waals surface area contributed by atoms with Crippen LogP contribution in [0.3, 0.4) is 0 Å². The van der Waals surface area contributed by atoms with Crippen LogP contribution >= 0.6 is 0 Å². The first kappa shape index (κ1) is 56.9. The molecule has 0 saturated carbocycles. The summed E-state index contributed by atoms with van der Waals surface area (Å²) in [4.78, 5) is 37.8. The highest BCUT2D eigenvalue weighted by Crippen LogP contribution is 2.15.